The molecule has 1 heterocycles. The van der Waals surface area contributed by atoms with Crippen molar-refractivity contribution in [2.45, 2.75) is 19.5 Å². The van der Waals surface area contributed by atoms with Crippen LogP contribution >= 0.6 is 0 Å². The number of carbonyl (C=O) groups excluding carboxylic acids is 1. The SMILES string of the molecule is CC(C(=O)NCc1ccccc1O)N1CCOCC1. The Bertz CT molecular complexity index is 430. The smallest absolute Gasteiger partial charge is 0.237 e. The van der Waals surface area contributed by atoms with Crippen LogP contribution in [0.5, 0.6) is 5.75 Å². The Kier molecular flexibility index (Phi) is 4.76. The predicted molar refractivity (Wildman–Crippen MR) is 71.8 cm³/mol. The van der Waals surface area contributed by atoms with Gasteiger partial charge in [-0.25, -0.2) is 0 Å². The van der Waals surface area contributed by atoms with Gasteiger partial charge in [-0.2, -0.15) is 0 Å². The number of phenolic OH excluding ortho intramolecular Hbond substituents is 1. The van der Waals surface area contributed by atoms with Gasteiger partial charge in [0.15, 0.2) is 0 Å². The second kappa shape index (κ2) is 6.54. The molecule has 1 aromatic carbocycles. The lowest BCUT2D eigenvalue weighted by atomic mass is 10.2. The summed E-state index contributed by atoms with van der Waals surface area (Å²) in [6.07, 6.45) is 0. The van der Waals surface area contributed by atoms with Crippen LogP contribution in [0.2, 0.25) is 0 Å². The topological polar surface area (TPSA) is 61.8 Å². The van der Waals surface area contributed by atoms with Gasteiger partial charge in [-0.05, 0) is 13.0 Å². The maximum Gasteiger partial charge on any atom is 0.237 e. The highest BCUT2D eigenvalue weighted by molar-refractivity contribution is 5.81. The van der Waals surface area contributed by atoms with E-state index in [2.05, 4.69) is 10.2 Å². The molecule has 1 unspecified atom stereocenters. The molecule has 1 amide bonds. The van der Waals surface area contributed by atoms with Crippen LogP contribution in [0.1, 0.15) is 12.5 Å². The molecule has 1 atom stereocenters. The Morgan fingerprint density at radius 3 is 2.79 bits per heavy atom. The van der Waals surface area contributed by atoms with Crippen molar-refractivity contribution in [1.29, 1.82) is 0 Å². The fourth-order valence-electron chi connectivity index (χ4n) is 2.12. The van der Waals surface area contributed by atoms with Crippen molar-refractivity contribution >= 4 is 5.91 Å². The van der Waals surface area contributed by atoms with Crippen molar-refractivity contribution in [3.8, 4) is 5.75 Å². The van der Waals surface area contributed by atoms with E-state index >= 15 is 0 Å². The molecule has 19 heavy (non-hydrogen) atoms. The Labute approximate surface area is 113 Å². The molecule has 0 aliphatic carbocycles. The average molecular weight is 264 g/mol. The van der Waals surface area contributed by atoms with Crippen LogP contribution in [-0.4, -0.2) is 48.3 Å². The summed E-state index contributed by atoms with van der Waals surface area (Å²) in [5.74, 6) is 0.187. The van der Waals surface area contributed by atoms with E-state index in [1.165, 1.54) is 0 Å². The van der Waals surface area contributed by atoms with E-state index < -0.39 is 0 Å². The molecule has 1 aliphatic heterocycles. The molecule has 0 bridgehead atoms. The molecule has 2 rings (SSSR count). The number of ether oxygens (including phenoxy) is 1. The minimum atomic E-state index is -0.172. The highest BCUT2D eigenvalue weighted by Crippen LogP contribution is 2.15. The summed E-state index contributed by atoms with van der Waals surface area (Å²) in [6.45, 7) is 5.16. The molecule has 5 nitrogen and oxygen atoms in total. The minimum Gasteiger partial charge on any atom is -0.508 e. The van der Waals surface area contributed by atoms with Gasteiger partial charge in [0.25, 0.3) is 0 Å². The third-order valence-corrected chi connectivity index (χ3v) is 3.42. The summed E-state index contributed by atoms with van der Waals surface area (Å²) in [5.41, 5.74) is 0.727. The van der Waals surface area contributed by atoms with Crippen molar-refractivity contribution in [2.24, 2.45) is 0 Å². The number of nitrogens with one attached hydrogen (secondary N) is 1. The zero-order chi connectivity index (χ0) is 13.7. The second-order valence-electron chi connectivity index (χ2n) is 4.67. The van der Waals surface area contributed by atoms with Crippen LogP contribution in [0, 0.1) is 0 Å². The van der Waals surface area contributed by atoms with Gasteiger partial charge in [0, 0.05) is 25.2 Å². The monoisotopic (exact) mass is 264 g/mol. The maximum atomic E-state index is 12.1. The third-order valence-electron chi connectivity index (χ3n) is 3.42. The van der Waals surface area contributed by atoms with Gasteiger partial charge in [0.05, 0.1) is 19.3 Å². The van der Waals surface area contributed by atoms with Gasteiger partial charge >= 0.3 is 0 Å². The van der Waals surface area contributed by atoms with E-state index in [1.54, 1.807) is 18.2 Å². The standard InChI is InChI=1S/C14H20N2O3/c1-11(16-6-8-19-9-7-16)14(18)15-10-12-4-2-3-5-13(12)17/h2-5,11,17H,6-10H2,1H3,(H,15,18). The highest BCUT2D eigenvalue weighted by atomic mass is 16.5. The Balaban J connectivity index is 1.85. The zero-order valence-corrected chi connectivity index (χ0v) is 11.1. The number of morpholine rings is 1. The fraction of sp³-hybridized carbons (Fsp3) is 0.500. The number of benzene rings is 1. The number of nitrogens with zero attached hydrogens (tertiary/aromatic N) is 1. The number of para-hydroxylation sites is 1. The van der Waals surface area contributed by atoms with Crippen molar-refractivity contribution in [3.63, 3.8) is 0 Å². The molecular formula is C14H20N2O3. The number of aromatic hydroxyl groups is 1. The average Bonchev–Trinajstić information content (AvgIpc) is 2.46. The summed E-state index contributed by atoms with van der Waals surface area (Å²) >= 11 is 0. The van der Waals surface area contributed by atoms with Gasteiger partial charge in [-0.3, -0.25) is 9.69 Å². The largest absolute Gasteiger partial charge is 0.508 e. The lowest BCUT2D eigenvalue weighted by Gasteiger charge is -2.31. The van der Waals surface area contributed by atoms with Crippen molar-refractivity contribution in [3.05, 3.63) is 29.8 Å². The molecular weight excluding hydrogens is 244 g/mol. The summed E-state index contributed by atoms with van der Waals surface area (Å²) in [4.78, 5) is 14.2. The van der Waals surface area contributed by atoms with E-state index in [9.17, 15) is 9.90 Å². The van der Waals surface area contributed by atoms with E-state index in [1.807, 2.05) is 13.0 Å². The third kappa shape index (κ3) is 3.68. The first-order chi connectivity index (χ1) is 9.18. The second-order valence-corrected chi connectivity index (χ2v) is 4.67. The molecule has 1 aliphatic rings. The van der Waals surface area contributed by atoms with Crippen LogP contribution in [0.4, 0.5) is 0 Å². The first kappa shape index (κ1) is 13.8. The molecule has 1 fully saturated rings. The lowest BCUT2D eigenvalue weighted by molar-refractivity contribution is -0.127. The number of amides is 1. The molecule has 2 N–H and O–H groups in total. The van der Waals surface area contributed by atoms with Crippen LogP contribution in [0.3, 0.4) is 0 Å². The predicted octanol–water partition coefficient (Wildman–Crippen LogP) is 0.729. The van der Waals surface area contributed by atoms with E-state index in [-0.39, 0.29) is 17.7 Å². The number of hydrogen-bond acceptors (Lipinski definition) is 4. The quantitative estimate of drug-likeness (QED) is 0.841. The Morgan fingerprint density at radius 2 is 2.11 bits per heavy atom. The van der Waals surface area contributed by atoms with E-state index in [0.717, 1.165) is 18.7 Å². The molecule has 104 valence electrons. The zero-order valence-electron chi connectivity index (χ0n) is 11.1. The summed E-state index contributed by atoms with van der Waals surface area (Å²) in [6, 6.07) is 6.85. The molecule has 0 saturated carbocycles. The molecule has 0 radical (unpaired) electrons. The summed E-state index contributed by atoms with van der Waals surface area (Å²) < 4.78 is 5.27. The normalized spacial score (nSPS) is 17.9. The van der Waals surface area contributed by atoms with Gasteiger partial charge < -0.3 is 15.2 Å². The first-order valence-corrected chi connectivity index (χ1v) is 6.55. The lowest BCUT2D eigenvalue weighted by Crippen LogP contribution is -2.49. The minimum absolute atomic E-state index is 0.0230. The maximum absolute atomic E-state index is 12.1. The van der Waals surface area contributed by atoms with Gasteiger partial charge in [-0.15, -0.1) is 0 Å². The molecule has 1 aromatic rings. The molecule has 0 aromatic heterocycles. The van der Waals surface area contributed by atoms with Crippen molar-refractivity contribution < 1.29 is 14.6 Å². The summed E-state index contributed by atoms with van der Waals surface area (Å²) in [7, 11) is 0. The summed E-state index contributed by atoms with van der Waals surface area (Å²) in [5, 5.41) is 12.5. The number of rotatable bonds is 4. The Hall–Kier alpha value is -1.59. The molecule has 1 saturated heterocycles. The molecule has 5 heteroatoms. The fourth-order valence-corrected chi connectivity index (χ4v) is 2.12. The van der Waals surface area contributed by atoms with Crippen LogP contribution in [-0.2, 0) is 16.1 Å². The Morgan fingerprint density at radius 1 is 1.42 bits per heavy atom. The van der Waals surface area contributed by atoms with Gasteiger partial charge in [0.1, 0.15) is 5.75 Å². The van der Waals surface area contributed by atoms with Gasteiger partial charge in [0.2, 0.25) is 5.91 Å². The van der Waals surface area contributed by atoms with Gasteiger partial charge in [-0.1, -0.05) is 18.2 Å². The highest BCUT2D eigenvalue weighted by Gasteiger charge is 2.22. The van der Waals surface area contributed by atoms with Crippen molar-refractivity contribution in [2.75, 3.05) is 26.3 Å². The van der Waals surface area contributed by atoms with Crippen LogP contribution in [0.15, 0.2) is 24.3 Å². The first-order valence-electron chi connectivity index (χ1n) is 6.55. The number of carbonyl (C=O) groups is 1. The molecule has 0 spiro atoms. The van der Waals surface area contributed by atoms with E-state index in [4.69, 9.17) is 4.74 Å². The number of phenols is 1. The van der Waals surface area contributed by atoms with Crippen LogP contribution in [0.25, 0.3) is 0 Å². The van der Waals surface area contributed by atoms with Crippen LogP contribution < -0.4 is 5.32 Å². The van der Waals surface area contributed by atoms with Crippen molar-refractivity contribution in [1.82, 2.24) is 10.2 Å². The van der Waals surface area contributed by atoms with E-state index in [0.29, 0.717) is 19.8 Å². The number of hydrogen-bond donors (Lipinski definition) is 2.